The van der Waals surface area contributed by atoms with E-state index in [1.807, 2.05) is 0 Å². The third-order valence-electron chi connectivity index (χ3n) is 4.93. The Morgan fingerprint density at radius 3 is 2.95 bits per heavy atom. The predicted octanol–water partition coefficient (Wildman–Crippen LogP) is 4.12. The molecule has 2 aliphatic heterocycles. The minimum Gasteiger partial charge on any atom is -0.312 e. The Morgan fingerprint density at radius 1 is 1.35 bits per heavy atom. The zero-order valence-corrected chi connectivity index (χ0v) is 13.9. The maximum absolute atomic E-state index is 3.72. The minimum atomic E-state index is 0.572. The van der Waals surface area contributed by atoms with E-state index in [2.05, 4.69) is 57.3 Å². The zero-order valence-electron chi connectivity index (χ0n) is 12.3. The van der Waals surface area contributed by atoms with E-state index < -0.39 is 0 Å². The molecule has 3 rings (SSSR count). The van der Waals surface area contributed by atoms with Crippen molar-refractivity contribution in [1.82, 2.24) is 10.2 Å². The number of nitrogens with one attached hydrogen (secondary N) is 1. The van der Waals surface area contributed by atoms with Crippen molar-refractivity contribution in [1.29, 1.82) is 0 Å². The summed E-state index contributed by atoms with van der Waals surface area (Å²) in [5, 5.41) is 3.72. The molecule has 0 aliphatic carbocycles. The SMILES string of the molecule is CCC(c1cccc(Br)c1)N1CCCC1C1CCCN1. The number of nitrogens with zero attached hydrogens (tertiary/aromatic N) is 1. The van der Waals surface area contributed by atoms with Crippen LogP contribution in [0.1, 0.15) is 50.6 Å². The van der Waals surface area contributed by atoms with E-state index in [0.717, 1.165) is 12.1 Å². The molecule has 2 fully saturated rings. The molecule has 3 heteroatoms. The second-order valence-electron chi connectivity index (χ2n) is 6.13. The van der Waals surface area contributed by atoms with E-state index in [4.69, 9.17) is 0 Å². The molecule has 0 saturated carbocycles. The molecule has 110 valence electrons. The molecule has 0 aromatic heterocycles. The van der Waals surface area contributed by atoms with Crippen LogP contribution in [0.2, 0.25) is 0 Å². The van der Waals surface area contributed by atoms with Gasteiger partial charge in [-0.1, -0.05) is 35.0 Å². The number of likely N-dealkylation sites (tertiary alicyclic amines) is 1. The Balaban J connectivity index is 1.80. The molecular weight excluding hydrogens is 312 g/mol. The van der Waals surface area contributed by atoms with Crippen LogP contribution in [0.3, 0.4) is 0 Å². The summed E-state index contributed by atoms with van der Waals surface area (Å²) in [6.07, 6.45) is 6.62. The molecule has 1 N–H and O–H groups in total. The summed E-state index contributed by atoms with van der Waals surface area (Å²) >= 11 is 3.62. The number of hydrogen-bond donors (Lipinski definition) is 1. The lowest BCUT2D eigenvalue weighted by Crippen LogP contribution is -2.45. The van der Waals surface area contributed by atoms with Crippen LogP contribution in [0, 0.1) is 0 Å². The Labute approximate surface area is 131 Å². The highest BCUT2D eigenvalue weighted by molar-refractivity contribution is 9.10. The largest absolute Gasteiger partial charge is 0.312 e. The van der Waals surface area contributed by atoms with Gasteiger partial charge in [0.2, 0.25) is 0 Å². The standard InChI is InChI=1S/C17H25BrN2/c1-2-16(13-6-3-7-14(18)12-13)20-11-5-9-17(20)15-8-4-10-19-15/h3,6-7,12,15-17,19H,2,4-5,8-11H2,1H3. The highest BCUT2D eigenvalue weighted by Crippen LogP contribution is 2.35. The Hall–Kier alpha value is -0.380. The van der Waals surface area contributed by atoms with Crippen LogP contribution in [0.4, 0.5) is 0 Å². The summed E-state index contributed by atoms with van der Waals surface area (Å²) in [6, 6.07) is 10.9. The fourth-order valence-corrected chi connectivity index (χ4v) is 4.47. The van der Waals surface area contributed by atoms with Gasteiger partial charge in [0.25, 0.3) is 0 Å². The van der Waals surface area contributed by atoms with Crippen molar-refractivity contribution in [2.45, 2.75) is 57.2 Å². The molecule has 2 aliphatic rings. The molecule has 0 radical (unpaired) electrons. The first-order valence-corrected chi connectivity index (χ1v) is 8.83. The summed E-state index contributed by atoms with van der Waals surface area (Å²) in [7, 11) is 0. The highest BCUT2D eigenvalue weighted by Gasteiger charge is 2.36. The molecule has 0 spiro atoms. The van der Waals surface area contributed by atoms with Gasteiger partial charge in [-0.3, -0.25) is 4.90 Å². The predicted molar refractivity (Wildman–Crippen MR) is 87.9 cm³/mol. The van der Waals surface area contributed by atoms with Gasteiger partial charge >= 0.3 is 0 Å². The molecule has 20 heavy (non-hydrogen) atoms. The normalized spacial score (nSPS) is 28.9. The first kappa shape index (κ1) is 14.6. The molecule has 3 unspecified atom stereocenters. The molecule has 2 saturated heterocycles. The van der Waals surface area contributed by atoms with Crippen LogP contribution < -0.4 is 5.32 Å². The summed E-state index contributed by atoms with van der Waals surface area (Å²) in [4.78, 5) is 2.77. The van der Waals surface area contributed by atoms with Crippen molar-refractivity contribution in [2.24, 2.45) is 0 Å². The van der Waals surface area contributed by atoms with Gasteiger partial charge in [-0.05, 0) is 62.9 Å². The molecule has 2 heterocycles. The van der Waals surface area contributed by atoms with Gasteiger partial charge in [0.15, 0.2) is 0 Å². The quantitative estimate of drug-likeness (QED) is 0.889. The van der Waals surface area contributed by atoms with Crippen molar-refractivity contribution >= 4 is 15.9 Å². The summed E-state index contributed by atoms with van der Waals surface area (Å²) in [6.45, 7) is 4.79. The molecule has 3 atom stereocenters. The lowest BCUT2D eigenvalue weighted by molar-refractivity contribution is 0.148. The van der Waals surface area contributed by atoms with Crippen LogP contribution in [-0.2, 0) is 0 Å². The van der Waals surface area contributed by atoms with Crippen molar-refractivity contribution in [3.8, 4) is 0 Å². The highest BCUT2D eigenvalue weighted by atomic mass is 79.9. The van der Waals surface area contributed by atoms with Crippen LogP contribution >= 0.6 is 15.9 Å². The molecule has 1 aromatic rings. The van der Waals surface area contributed by atoms with E-state index >= 15 is 0 Å². The van der Waals surface area contributed by atoms with Crippen molar-refractivity contribution in [2.75, 3.05) is 13.1 Å². The average Bonchev–Trinajstić information content (AvgIpc) is 3.10. The van der Waals surface area contributed by atoms with Crippen LogP contribution in [-0.4, -0.2) is 30.1 Å². The van der Waals surface area contributed by atoms with E-state index in [0.29, 0.717) is 6.04 Å². The number of halogens is 1. The third kappa shape index (κ3) is 2.95. The van der Waals surface area contributed by atoms with Crippen LogP contribution in [0.25, 0.3) is 0 Å². The fraction of sp³-hybridized carbons (Fsp3) is 0.647. The van der Waals surface area contributed by atoms with E-state index in [-0.39, 0.29) is 0 Å². The van der Waals surface area contributed by atoms with Crippen molar-refractivity contribution in [3.63, 3.8) is 0 Å². The second kappa shape index (κ2) is 6.59. The van der Waals surface area contributed by atoms with Gasteiger partial charge < -0.3 is 5.32 Å². The Kier molecular flexibility index (Phi) is 4.79. The topological polar surface area (TPSA) is 15.3 Å². The summed E-state index contributed by atoms with van der Waals surface area (Å²) in [5.74, 6) is 0. The summed E-state index contributed by atoms with van der Waals surface area (Å²) < 4.78 is 1.20. The third-order valence-corrected chi connectivity index (χ3v) is 5.42. The lowest BCUT2D eigenvalue weighted by Gasteiger charge is -2.36. The Bertz CT molecular complexity index is 442. The summed E-state index contributed by atoms with van der Waals surface area (Å²) in [5.41, 5.74) is 1.46. The maximum atomic E-state index is 3.72. The smallest absolute Gasteiger partial charge is 0.0349 e. The van der Waals surface area contributed by atoms with Gasteiger partial charge in [0.1, 0.15) is 0 Å². The zero-order chi connectivity index (χ0) is 13.9. The van der Waals surface area contributed by atoms with Gasteiger partial charge in [-0.25, -0.2) is 0 Å². The monoisotopic (exact) mass is 336 g/mol. The number of hydrogen-bond acceptors (Lipinski definition) is 2. The second-order valence-corrected chi connectivity index (χ2v) is 7.04. The molecular formula is C17H25BrN2. The number of benzene rings is 1. The molecule has 0 amide bonds. The Morgan fingerprint density at radius 2 is 2.25 bits per heavy atom. The van der Waals surface area contributed by atoms with Gasteiger partial charge in [0, 0.05) is 22.6 Å². The first-order valence-electron chi connectivity index (χ1n) is 8.04. The lowest BCUT2D eigenvalue weighted by atomic mass is 9.98. The van der Waals surface area contributed by atoms with Crippen LogP contribution in [0.5, 0.6) is 0 Å². The van der Waals surface area contributed by atoms with Crippen molar-refractivity contribution in [3.05, 3.63) is 34.3 Å². The fourth-order valence-electron chi connectivity index (χ4n) is 4.05. The van der Waals surface area contributed by atoms with Gasteiger partial charge in [-0.15, -0.1) is 0 Å². The van der Waals surface area contributed by atoms with E-state index in [9.17, 15) is 0 Å². The van der Waals surface area contributed by atoms with E-state index in [1.165, 1.54) is 55.2 Å². The van der Waals surface area contributed by atoms with Crippen molar-refractivity contribution < 1.29 is 0 Å². The van der Waals surface area contributed by atoms with Gasteiger partial charge in [0.05, 0.1) is 0 Å². The maximum Gasteiger partial charge on any atom is 0.0349 e. The molecule has 2 nitrogen and oxygen atoms in total. The van der Waals surface area contributed by atoms with E-state index in [1.54, 1.807) is 0 Å². The minimum absolute atomic E-state index is 0.572. The first-order chi connectivity index (χ1) is 9.79. The van der Waals surface area contributed by atoms with Gasteiger partial charge in [-0.2, -0.15) is 0 Å². The molecule has 0 bridgehead atoms. The van der Waals surface area contributed by atoms with Crippen LogP contribution in [0.15, 0.2) is 28.7 Å². The average molecular weight is 337 g/mol. The molecule has 1 aromatic carbocycles. The number of rotatable bonds is 4.